The predicted molar refractivity (Wildman–Crippen MR) is 339 cm³/mol. The van der Waals surface area contributed by atoms with Gasteiger partial charge in [0.25, 0.3) is 7.82 Å². The second-order valence-electron chi connectivity index (χ2n) is 24.5. The van der Waals surface area contributed by atoms with Crippen LogP contribution in [0.4, 0.5) is 0 Å². The van der Waals surface area contributed by atoms with Crippen LogP contribution >= 0.6 is 7.82 Å². The summed E-state index contributed by atoms with van der Waals surface area (Å²) in [7, 11) is 1.24. The highest BCUT2D eigenvalue weighted by atomic mass is 31.2. The number of aliphatic hydroxyl groups is 1. The molecule has 2 N–H and O–H groups in total. The molecule has 3 atom stereocenters. The predicted octanol–water partition coefficient (Wildman–Crippen LogP) is 20.8. The Bertz CT molecular complexity index is 1410. The molecule has 0 aliphatic heterocycles. The SMILES string of the molecule is CCCCCCCCCCC/C=C/CC/C=C/CC/C=C/C(O)C(COP(=O)([O-])OCC[N+](C)(C)C)NC(=O)CCCCCCCCCCCCCCCCCCC/C=C\CCCCCCCCCCCCCCCCCC. The summed E-state index contributed by atoms with van der Waals surface area (Å²) in [5.41, 5.74) is 0. The van der Waals surface area contributed by atoms with Crippen LogP contribution in [0.2, 0.25) is 0 Å². The third kappa shape index (κ3) is 62.1. The van der Waals surface area contributed by atoms with Gasteiger partial charge in [-0.25, -0.2) is 0 Å². The number of nitrogens with one attached hydrogen (secondary N) is 1. The van der Waals surface area contributed by atoms with Crippen molar-refractivity contribution >= 4 is 13.7 Å². The quantitative estimate of drug-likeness (QED) is 0.0272. The van der Waals surface area contributed by atoms with Gasteiger partial charge in [0.05, 0.1) is 39.9 Å². The first-order valence-corrected chi connectivity index (χ1v) is 35.5. The normalized spacial score (nSPS) is 14.0. The van der Waals surface area contributed by atoms with E-state index in [1.165, 1.54) is 270 Å². The van der Waals surface area contributed by atoms with E-state index in [1.54, 1.807) is 6.08 Å². The Morgan fingerprint density at radius 3 is 1.04 bits per heavy atom. The van der Waals surface area contributed by atoms with Crippen LogP contribution in [0.15, 0.2) is 48.6 Å². The van der Waals surface area contributed by atoms with Crippen molar-refractivity contribution in [1.82, 2.24) is 5.32 Å². The molecule has 0 aromatic rings. The summed E-state index contributed by atoms with van der Waals surface area (Å²) in [6.07, 6.45) is 81.0. The van der Waals surface area contributed by atoms with E-state index in [9.17, 15) is 19.4 Å². The van der Waals surface area contributed by atoms with Gasteiger partial charge in [0.2, 0.25) is 5.91 Å². The maximum Gasteiger partial charge on any atom is 0.268 e. The summed E-state index contributed by atoms with van der Waals surface area (Å²) in [5, 5.41) is 13.9. The monoisotopic (exact) mass is 1120 g/mol. The van der Waals surface area contributed by atoms with Crippen LogP contribution in [0.1, 0.15) is 335 Å². The number of unbranched alkanes of at least 4 members (excludes halogenated alkanes) is 44. The summed E-state index contributed by atoms with van der Waals surface area (Å²) < 4.78 is 23.4. The molecule has 0 saturated carbocycles. The molecule has 0 rings (SSSR count). The minimum absolute atomic E-state index is 0.00848. The molecule has 0 aliphatic rings. The highest BCUT2D eigenvalue weighted by molar-refractivity contribution is 7.45. The maximum absolute atomic E-state index is 13.0. The summed E-state index contributed by atoms with van der Waals surface area (Å²) in [6.45, 7) is 4.66. The van der Waals surface area contributed by atoms with Crippen molar-refractivity contribution in [3.8, 4) is 0 Å². The van der Waals surface area contributed by atoms with E-state index < -0.39 is 26.6 Å². The highest BCUT2D eigenvalue weighted by Gasteiger charge is 2.23. The van der Waals surface area contributed by atoms with Crippen LogP contribution in [-0.2, 0) is 18.4 Å². The largest absolute Gasteiger partial charge is 0.756 e. The Hall–Kier alpha value is -1.54. The fraction of sp³-hybridized carbons (Fsp3) is 0.870. The minimum atomic E-state index is -4.61. The third-order valence-electron chi connectivity index (χ3n) is 15.5. The Balaban J connectivity index is 4.00. The molecule has 0 radical (unpaired) electrons. The molecule has 0 aromatic carbocycles. The number of carbonyl (C=O) groups excluding carboxylic acids is 1. The zero-order valence-electron chi connectivity index (χ0n) is 52.6. The molecule has 1 amide bonds. The van der Waals surface area contributed by atoms with E-state index >= 15 is 0 Å². The van der Waals surface area contributed by atoms with Crippen molar-refractivity contribution in [2.45, 2.75) is 347 Å². The molecular weight excluding hydrogens is 984 g/mol. The Labute approximate surface area is 486 Å². The maximum atomic E-state index is 13.0. The van der Waals surface area contributed by atoms with Gasteiger partial charge in [-0.1, -0.05) is 306 Å². The molecule has 0 spiro atoms. The number of phosphoric acid groups is 1. The van der Waals surface area contributed by atoms with Gasteiger partial charge >= 0.3 is 0 Å². The van der Waals surface area contributed by atoms with Crippen molar-refractivity contribution in [3.63, 3.8) is 0 Å². The van der Waals surface area contributed by atoms with Gasteiger partial charge in [0.1, 0.15) is 13.2 Å². The average Bonchev–Trinajstić information content (AvgIpc) is 3.41. The van der Waals surface area contributed by atoms with Crippen LogP contribution in [0.3, 0.4) is 0 Å². The molecule has 0 heterocycles. The number of carbonyl (C=O) groups is 1. The van der Waals surface area contributed by atoms with Crippen molar-refractivity contribution in [2.75, 3.05) is 40.9 Å². The topological polar surface area (TPSA) is 108 Å². The number of amides is 1. The molecule has 0 saturated heterocycles. The number of allylic oxidation sites excluding steroid dienone is 7. The molecule has 0 fully saturated rings. The lowest BCUT2D eigenvalue weighted by Crippen LogP contribution is -2.45. The van der Waals surface area contributed by atoms with Crippen LogP contribution in [0, 0.1) is 0 Å². The second-order valence-corrected chi connectivity index (χ2v) is 25.9. The van der Waals surface area contributed by atoms with Crippen molar-refractivity contribution in [2.24, 2.45) is 0 Å². The lowest BCUT2D eigenvalue weighted by Gasteiger charge is -2.29. The first kappa shape index (κ1) is 76.5. The number of hydrogen-bond acceptors (Lipinski definition) is 6. The Kier molecular flexibility index (Phi) is 58.9. The smallest absolute Gasteiger partial charge is 0.268 e. The molecule has 0 aromatic heterocycles. The standard InChI is InChI=1S/C69H133N2O6P/c1-6-8-10-12-14-16-18-20-22-24-26-27-28-29-30-31-32-33-34-35-36-37-38-39-40-41-42-43-45-47-49-51-53-55-57-59-61-63-69(73)70-67(66-77-78(74,75)76-65-64-71(3,4)5)68(72)62-60-58-56-54-52-50-48-46-44-25-23-21-19-17-15-13-11-9-7-2/h33-34,44,46,52,54,60,62,67-68,72H,6-32,35-43,45,47-51,53,55-59,61,63-66H2,1-5H3,(H-,70,73,74,75)/b34-33-,46-44+,54-52+,62-60+. The van der Waals surface area contributed by atoms with Crippen LogP contribution in [0.25, 0.3) is 0 Å². The van der Waals surface area contributed by atoms with Gasteiger partial charge < -0.3 is 28.8 Å². The number of hydrogen-bond donors (Lipinski definition) is 2. The summed E-state index contributed by atoms with van der Waals surface area (Å²) >= 11 is 0. The molecule has 8 nitrogen and oxygen atoms in total. The molecule has 460 valence electrons. The summed E-state index contributed by atoms with van der Waals surface area (Å²) in [6, 6.07) is -0.910. The van der Waals surface area contributed by atoms with Gasteiger partial charge in [-0.05, 0) is 70.6 Å². The summed E-state index contributed by atoms with van der Waals surface area (Å²) in [4.78, 5) is 25.6. The molecule has 0 bridgehead atoms. The van der Waals surface area contributed by atoms with Gasteiger partial charge in [0, 0.05) is 6.42 Å². The fourth-order valence-corrected chi connectivity index (χ4v) is 10.9. The molecular formula is C69H133N2O6P. The van der Waals surface area contributed by atoms with Crippen LogP contribution in [0.5, 0.6) is 0 Å². The van der Waals surface area contributed by atoms with Gasteiger partial charge in [0.15, 0.2) is 0 Å². The summed E-state index contributed by atoms with van der Waals surface area (Å²) in [5.74, 6) is -0.207. The lowest BCUT2D eigenvalue weighted by molar-refractivity contribution is -0.870. The number of phosphoric ester groups is 1. The molecule has 3 unspecified atom stereocenters. The van der Waals surface area contributed by atoms with E-state index in [0.717, 1.165) is 44.9 Å². The number of aliphatic hydroxyl groups excluding tert-OH is 1. The number of quaternary nitrogens is 1. The highest BCUT2D eigenvalue weighted by Crippen LogP contribution is 2.38. The zero-order valence-corrected chi connectivity index (χ0v) is 53.5. The number of nitrogens with zero attached hydrogens (tertiary/aromatic N) is 1. The van der Waals surface area contributed by atoms with E-state index in [-0.39, 0.29) is 12.5 Å². The fourth-order valence-electron chi connectivity index (χ4n) is 10.2. The third-order valence-corrected chi connectivity index (χ3v) is 16.5. The second kappa shape index (κ2) is 60.1. The van der Waals surface area contributed by atoms with Gasteiger partial charge in [-0.3, -0.25) is 9.36 Å². The van der Waals surface area contributed by atoms with Gasteiger partial charge in [-0.2, -0.15) is 0 Å². The Morgan fingerprint density at radius 2 is 0.718 bits per heavy atom. The number of likely N-dealkylation sites (N-methyl/N-ethyl adjacent to an activating group) is 1. The number of rotatable bonds is 63. The molecule has 78 heavy (non-hydrogen) atoms. The first-order valence-electron chi connectivity index (χ1n) is 34.0. The van der Waals surface area contributed by atoms with Gasteiger partial charge in [-0.15, -0.1) is 0 Å². The van der Waals surface area contributed by atoms with E-state index in [4.69, 9.17) is 9.05 Å². The average molecular weight is 1120 g/mol. The molecule has 9 heteroatoms. The molecule has 0 aliphatic carbocycles. The van der Waals surface area contributed by atoms with Crippen LogP contribution in [-0.4, -0.2) is 68.5 Å². The lowest BCUT2D eigenvalue weighted by atomic mass is 10.0. The van der Waals surface area contributed by atoms with E-state index in [0.29, 0.717) is 17.4 Å². The minimum Gasteiger partial charge on any atom is -0.756 e. The zero-order chi connectivity index (χ0) is 57.0. The van der Waals surface area contributed by atoms with Crippen molar-refractivity contribution in [3.05, 3.63) is 48.6 Å². The van der Waals surface area contributed by atoms with E-state index in [2.05, 4.69) is 55.6 Å². The van der Waals surface area contributed by atoms with Crippen molar-refractivity contribution < 1.29 is 32.9 Å². The van der Waals surface area contributed by atoms with E-state index in [1.807, 2.05) is 27.2 Å². The first-order chi connectivity index (χ1) is 38.0. The Morgan fingerprint density at radius 1 is 0.436 bits per heavy atom. The van der Waals surface area contributed by atoms with Crippen molar-refractivity contribution in [1.29, 1.82) is 0 Å². The van der Waals surface area contributed by atoms with Crippen LogP contribution < -0.4 is 10.2 Å².